The summed E-state index contributed by atoms with van der Waals surface area (Å²) in [4.78, 5) is 34.0. The largest absolute Gasteiger partial charge is 0.400 e. The van der Waals surface area contributed by atoms with E-state index in [1.54, 1.807) is 13.8 Å². The number of carbonyl (C=O) groups is 3. The molecule has 1 fully saturated rings. The third-order valence-electron chi connectivity index (χ3n) is 3.82. The zero-order chi connectivity index (χ0) is 19.2. The van der Waals surface area contributed by atoms with Crippen LogP contribution in [0.5, 0.6) is 0 Å². The predicted molar refractivity (Wildman–Crippen MR) is 96.4 cm³/mol. The minimum Gasteiger partial charge on any atom is -0.400 e. The van der Waals surface area contributed by atoms with E-state index in [9.17, 15) is 14.4 Å². The van der Waals surface area contributed by atoms with Gasteiger partial charge in [0.25, 0.3) is 0 Å². The molecule has 140 valence electrons. The molecule has 1 rings (SSSR count). The summed E-state index contributed by atoms with van der Waals surface area (Å²) in [6.45, 7) is 11.3. The highest BCUT2D eigenvalue weighted by Crippen LogP contribution is 2.26. The fraction of sp³-hybridized carbons (Fsp3) is 0.722. The molecular formula is C18H34N2O4. The molecule has 24 heavy (non-hydrogen) atoms. The number of amides is 2. The van der Waals surface area contributed by atoms with Crippen LogP contribution in [0.25, 0.3) is 0 Å². The van der Waals surface area contributed by atoms with Gasteiger partial charge >= 0.3 is 0 Å². The van der Waals surface area contributed by atoms with Gasteiger partial charge in [-0.3, -0.25) is 9.59 Å². The molecule has 0 bridgehead atoms. The molecule has 6 heteroatoms. The normalized spacial score (nSPS) is 19.4. The summed E-state index contributed by atoms with van der Waals surface area (Å²) in [5, 5.41) is 12.5. The van der Waals surface area contributed by atoms with E-state index in [1.807, 2.05) is 13.8 Å². The van der Waals surface area contributed by atoms with Crippen LogP contribution in [0.1, 0.15) is 53.4 Å². The van der Waals surface area contributed by atoms with Crippen molar-refractivity contribution in [2.24, 2.45) is 11.8 Å². The van der Waals surface area contributed by atoms with Gasteiger partial charge in [0.05, 0.1) is 0 Å². The second-order valence-electron chi connectivity index (χ2n) is 5.95. The highest BCUT2D eigenvalue weighted by Gasteiger charge is 2.29. The van der Waals surface area contributed by atoms with Crippen LogP contribution >= 0.6 is 0 Å². The van der Waals surface area contributed by atoms with Crippen LogP contribution < -0.4 is 10.6 Å². The summed E-state index contributed by atoms with van der Waals surface area (Å²) in [6.07, 6.45) is 5.91. The Hall–Kier alpha value is -1.69. The lowest BCUT2D eigenvalue weighted by Crippen LogP contribution is -2.55. The zero-order valence-corrected chi connectivity index (χ0v) is 15.7. The van der Waals surface area contributed by atoms with E-state index in [-0.39, 0.29) is 17.7 Å². The molecule has 1 aliphatic rings. The average Bonchev–Trinajstić information content (AvgIpc) is 2.62. The van der Waals surface area contributed by atoms with Crippen molar-refractivity contribution in [1.82, 2.24) is 10.6 Å². The molecule has 0 aromatic carbocycles. The average molecular weight is 342 g/mol. The lowest BCUT2D eigenvalue weighted by Gasteiger charge is -2.28. The van der Waals surface area contributed by atoms with Crippen LogP contribution in [0.2, 0.25) is 0 Å². The van der Waals surface area contributed by atoms with Crippen LogP contribution in [0.3, 0.4) is 0 Å². The van der Waals surface area contributed by atoms with Crippen LogP contribution in [-0.2, 0) is 14.4 Å². The monoisotopic (exact) mass is 342 g/mol. The topological polar surface area (TPSA) is 95.5 Å². The first kappa shape index (κ1) is 24.6. The molecule has 0 spiro atoms. The lowest BCUT2D eigenvalue weighted by molar-refractivity contribution is -0.130. The number of carbonyl (C=O) groups excluding carboxylic acids is 3. The van der Waals surface area contributed by atoms with Gasteiger partial charge < -0.3 is 20.5 Å². The third-order valence-corrected chi connectivity index (χ3v) is 3.82. The fourth-order valence-electron chi connectivity index (χ4n) is 2.40. The van der Waals surface area contributed by atoms with Gasteiger partial charge in [-0.1, -0.05) is 20.4 Å². The second-order valence-corrected chi connectivity index (χ2v) is 5.95. The van der Waals surface area contributed by atoms with Crippen molar-refractivity contribution in [3.63, 3.8) is 0 Å². The van der Waals surface area contributed by atoms with Crippen molar-refractivity contribution in [1.29, 1.82) is 0 Å². The van der Waals surface area contributed by atoms with Crippen LogP contribution in [-0.4, -0.2) is 42.4 Å². The molecule has 0 unspecified atom stereocenters. The molecule has 6 nitrogen and oxygen atoms in total. The van der Waals surface area contributed by atoms with E-state index in [4.69, 9.17) is 5.11 Å². The minimum absolute atomic E-state index is 0.185. The molecule has 3 N–H and O–H groups in total. The smallest absolute Gasteiger partial charge is 0.245 e. The molecule has 0 aromatic rings. The summed E-state index contributed by atoms with van der Waals surface area (Å²) < 4.78 is 0. The lowest BCUT2D eigenvalue weighted by atomic mass is 9.82. The summed E-state index contributed by atoms with van der Waals surface area (Å²) in [6, 6.07) is 0. The van der Waals surface area contributed by atoms with E-state index < -0.39 is 5.54 Å². The Morgan fingerprint density at radius 3 is 2.08 bits per heavy atom. The number of aliphatic hydroxyl groups is 1. The van der Waals surface area contributed by atoms with Crippen molar-refractivity contribution in [3.05, 3.63) is 12.7 Å². The van der Waals surface area contributed by atoms with E-state index >= 15 is 0 Å². The summed E-state index contributed by atoms with van der Waals surface area (Å²) in [7, 11) is 1.00. The van der Waals surface area contributed by atoms with Crippen molar-refractivity contribution < 1.29 is 19.5 Å². The van der Waals surface area contributed by atoms with Crippen molar-refractivity contribution in [3.8, 4) is 0 Å². The first-order valence-electron chi connectivity index (χ1n) is 8.52. The molecule has 0 aliphatic heterocycles. The summed E-state index contributed by atoms with van der Waals surface area (Å²) in [5.41, 5.74) is -0.953. The first-order chi connectivity index (χ1) is 11.4. The Labute approximate surface area is 146 Å². The van der Waals surface area contributed by atoms with Gasteiger partial charge in [0, 0.05) is 19.6 Å². The number of aldehydes is 1. The fourth-order valence-corrected chi connectivity index (χ4v) is 2.40. The molecule has 1 saturated carbocycles. The SMILES string of the molecule is C=CC(=O)NC(C)(C)C(=O)NCC1CCC(C=O)CC1.CC.CO. The number of nitrogens with one attached hydrogen (secondary N) is 2. The van der Waals surface area contributed by atoms with E-state index in [2.05, 4.69) is 17.2 Å². The molecule has 0 heterocycles. The summed E-state index contributed by atoms with van der Waals surface area (Å²) >= 11 is 0. The molecule has 1 aliphatic carbocycles. The Bertz CT molecular complexity index is 386. The molecule has 2 amide bonds. The number of hydrogen-bond acceptors (Lipinski definition) is 4. The van der Waals surface area contributed by atoms with Gasteiger partial charge in [0.15, 0.2) is 0 Å². The van der Waals surface area contributed by atoms with Gasteiger partial charge in [-0.2, -0.15) is 0 Å². The number of rotatable bonds is 6. The van der Waals surface area contributed by atoms with Crippen LogP contribution in [0, 0.1) is 11.8 Å². The van der Waals surface area contributed by atoms with Gasteiger partial charge in [-0.25, -0.2) is 0 Å². The van der Waals surface area contributed by atoms with Crippen molar-refractivity contribution in [2.45, 2.75) is 58.9 Å². The molecular weight excluding hydrogens is 308 g/mol. The maximum Gasteiger partial charge on any atom is 0.245 e. The first-order valence-corrected chi connectivity index (χ1v) is 8.52. The van der Waals surface area contributed by atoms with Crippen LogP contribution in [0.4, 0.5) is 0 Å². The Morgan fingerprint density at radius 1 is 1.17 bits per heavy atom. The molecule has 0 atom stereocenters. The molecule has 0 saturated heterocycles. The van der Waals surface area contributed by atoms with Gasteiger partial charge in [-0.15, -0.1) is 0 Å². The third kappa shape index (κ3) is 9.45. The highest BCUT2D eigenvalue weighted by molar-refractivity contribution is 5.94. The molecule has 0 radical (unpaired) electrons. The van der Waals surface area contributed by atoms with E-state index in [1.165, 1.54) is 0 Å². The van der Waals surface area contributed by atoms with Crippen molar-refractivity contribution >= 4 is 18.1 Å². The zero-order valence-electron chi connectivity index (χ0n) is 15.7. The standard InChI is InChI=1S/C15H24N2O3.C2H6.CH4O/c1-4-13(19)17-15(2,3)14(20)16-9-11-5-7-12(10-18)8-6-11;2*1-2/h4,10-12H,1,5-9H2,2-3H3,(H,16,20)(H,17,19);1-2H3;2H,1H3. The van der Waals surface area contributed by atoms with Crippen molar-refractivity contribution in [2.75, 3.05) is 13.7 Å². The summed E-state index contributed by atoms with van der Waals surface area (Å²) in [5.74, 6) is 0.0354. The van der Waals surface area contributed by atoms with Gasteiger partial charge in [0.2, 0.25) is 11.8 Å². The number of aliphatic hydroxyl groups excluding tert-OH is 1. The van der Waals surface area contributed by atoms with E-state index in [0.29, 0.717) is 12.5 Å². The molecule has 0 aromatic heterocycles. The quantitative estimate of drug-likeness (QED) is 0.507. The Morgan fingerprint density at radius 2 is 1.67 bits per heavy atom. The Balaban J connectivity index is 0. The second kappa shape index (κ2) is 13.7. The minimum atomic E-state index is -0.953. The van der Waals surface area contributed by atoms with Gasteiger partial charge in [-0.05, 0) is 51.5 Å². The van der Waals surface area contributed by atoms with E-state index in [0.717, 1.165) is 45.2 Å². The maximum atomic E-state index is 12.1. The Kier molecular flexibility index (Phi) is 14.0. The predicted octanol–water partition coefficient (Wildman–Crippen LogP) is 1.82. The van der Waals surface area contributed by atoms with Crippen LogP contribution in [0.15, 0.2) is 12.7 Å². The van der Waals surface area contributed by atoms with Gasteiger partial charge in [0.1, 0.15) is 11.8 Å². The number of hydrogen-bond donors (Lipinski definition) is 3. The maximum absolute atomic E-state index is 12.1. The highest BCUT2D eigenvalue weighted by atomic mass is 16.2.